The molecular weight excluding hydrogens is 360 g/mol. The fourth-order valence-electron chi connectivity index (χ4n) is 3.90. The van der Waals surface area contributed by atoms with Gasteiger partial charge in [0.15, 0.2) is 0 Å². The van der Waals surface area contributed by atoms with Crippen LogP contribution in [0.25, 0.3) is 16.9 Å². The Morgan fingerprint density at radius 1 is 1.00 bits per heavy atom. The van der Waals surface area contributed by atoms with E-state index in [0.29, 0.717) is 0 Å². The lowest BCUT2D eigenvalue weighted by atomic mass is 10.1. The molecule has 0 bridgehead atoms. The molecule has 0 N–H and O–H groups in total. The topological polar surface area (TPSA) is 59.7 Å². The molecule has 1 fully saturated rings. The first-order chi connectivity index (χ1) is 14.3. The minimum absolute atomic E-state index is 0.224. The lowest BCUT2D eigenvalue weighted by Crippen LogP contribution is -2.25. The van der Waals surface area contributed by atoms with Gasteiger partial charge in [-0.1, -0.05) is 18.2 Å². The van der Waals surface area contributed by atoms with Crippen LogP contribution in [0, 0.1) is 6.92 Å². The molecule has 5 rings (SSSR count). The maximum absolute atomic E-state index is 4.86. The van der Waals surface area contributed by atoms with Gasteiger partial charge in [-0.15, -0.1) is 0 Å². The molecule has 0 radical (unpaired) electrons. The number of rotatable bonds is 4. The maximum atomic E-state index is 4.86. The second kappa shape index (κ2) is 7.47. The van der Waals surface area contributed by atoms with E-state index in [1.807, 2.05) is 53.7 Å². The van der Waals surface area contributed by atoms with Crippen molar-refractivity contribution in [2.24, 2.45) is 0 Å². The van der Waals surface area contributed by atoms with Gasteiger partial charge in [0.1, 0.15) is 0 Å². The van der Waals surface area contributed by atoms with Crippen LogP contribution in [0.1, 0.15) is 30.1 Å². The van der Waals surface area contributed by atoms with Crippen molar-refractivity contribution in [1.82, 2.24) is 24.7 Å². The van der Waals surface area contributed by atoms with Gasteiger partial charge in [-0.05, 0) is 55.7 Å². The van der Waals surface area contributed by atoms with Gasteiger partial charge in [-0.25, -0.2) is 14.6 Å². The second-order valence-corrected chi connectivity index (χ2v) is 7.36. The Morgan fingerprint density at radius 2 is 1.97 bits per heavy atom. The van der Waals surface area contributed by atoms with Crippen molar-refractivity contribution >= 4 is 5.95 Å². The molecule has 1 atom stereocenters. The van der Waals surface area contributed by atoms with Crippen molar-refractivity contribution in [3.8, 4) is 16.9 Å². The van der Waals surface area contributed by atoms with Gasteiger partial charge in [0.05, 0.1) is 29.3 Å². The Bertz CT molecular complexity index is 1120. The van der Waals surface area contributed by atoms with Gasteiger partial charge < -0.3 is 4.90 Å². The van der Waals surface area contributed by atoms with Gasteiger partial charge in [0.2, 0.25) is 5.95 Å². The largest absolute Gasteiger partial charge is 0.332 e. The average molecular weight is 382 g/mol. The Labute approximate surface area is 169 Å². The van der Waals surface area contributed by atoms with Crippen LogP contribution in [0.2, 0.25) is 0 Å². The standard InChI is InChI=1S/C23H22N6/c1-17-6-4-7-19(14-17)29-16-18(15-26-29)20-10-12-25-23(27-20)28-13-5-9-22(28)21-8-2-3-11-24-21/h2-4,6-8,10-12,14-16,22H,5,9,13H2,1H3/t22-/m0/s1. The number of hydrogen-bond donors (Lipinski definition) is 0. The highest BCUT2D eigenvalue weighted by Crippen LogP contribution is 2.34. The van der Waals surface area contributed by atoms with Crippen molar-refractivity contribution in [2.45, 2.75) is 25.8 Å². The Hall–Kier alpha value is -3.54. The molecule has 1 aliphatic rings. The first-order valence-electron chi connectivity index (χ1n) is 9.91. The fraction of sp³-hybridized carbons (Fsp3) is 0.217. The number of aromatic nitrogens is 5. The van der Waals surface area contributed by atoms with Crippen LogP contribution in [0.5, 0.6) is 0 Å². The van der Waals surface area contributed by atoms with Gasteiger partial charge in [0.25, 0.3) is 0 Å². The number of aryl methyl sites for hydroxylation is 1. The molecular formula is C23H22N6. The Kier molecular flexibility index (Phi) is 4.52. The number of anilines is 1. The molecule has 1 saturated heterocycles. The highest BCUT2D eigenvalue weighted by atomic mass is 15.3. The quantitative estimate of drug-likeness (QED) is 0.524. The predicted octanol–water partition coefficient (Wildman–Crippen LogP) is 4.37. The molecule has 0 unspecified atom stereocenters. The van der Waals surface area contributed by atoms with E-state index in [0.717, 1.165) is 48.0 Å². The molecule has 4 aromatic rings. The van der Waals surface area contributed by atoms with Gasteiger partial charge in [-0.2, -0.15) is 5.10 Å². The summed E-state index contributed by atoms with van der Waals surface area (Å²) in [6.07, 6.45) is 9.73. The molecule has 1 aliphatic heterocycles. The second-order valence-electron chi connectivity index (χ2n) is 7.36. The molecule has 6 nitrogen and oxygen atoms in total. The zero-order valence-electron chi connectivity index (χ0n) is 16.3. The predicted molar refractivity (Wildman–Crippen MR) is 113 cm³/mol. The van der Waals surface area contributed by atoms with Crippen molar-refractivity contribution < 1.29 is 0 Å². The third kappa shape index (κ3) is 3.49. The number of hydrogen-bond acceptors (Lipinski definition) is 5. The van der Waals surface area contributed by atoms with E-state index in [9.17, 15) is 0 Å². The number of pyridine rings is 1. The summed E-state index contributed by atoms with van der Waals surface area (Å²) in [4.78, 5) is 16.2. The summed E-state index contributed by atoms with van der Waals surface area (Å²) in [7, 11) is 0. The van der Waals surface area contributed by atoms with E-state index in [1.165, 1.54) is 5.56 Å². The van der Waals surface area contributed by atoms with E-state index in [2.05, 4.69) is 51.2 Å². The smallest absolute Gasteiger partial charge is 0.226 e. The first-order valence-corrected chi connectivity index (χ1v) is 9.91. The molecule has 29 heavy (non-hydrogen) atoms. The highest BCUT2D eigenvalue weighted by molar-refractivity contribution is 5.59. The van der Waals surface area contributed by atoms with Crippen LogP contribution in [0.3, 0.4) is 0 Å². The van der Waals surface area contributed by atoms with E-state index in [4.69, 9.17) is 4.98 Å². The maximum Gasteiger partial charge on any atom is 0.226 e. The summed E-state index contributed by atoms with van der Waals surface area (Å²) < 4.78 is 1.89. The van der Waals surface area contributed by atoms with Crippen LogP contribution in [-0.2, 0) is 0 Å². The summed E-state index contributed by atoms with van der Waals surface area (Å²) in [5.74, 6) is 0.749. The molecule has 1 aromatic carbocycles. The summed E-state index contributed by atoms with van der Waals surface area (Å²) >= 11 is 0. The molecule has 0 spiro atoms. The summed E-state index contributed by atoms with van der Waals surface area (Å²) in [6.45, 7) is 3.02. The van der Waals surface area contributed by atoms with Crippen LogP contribution >= 0.6 is 0 Å². The molecule has 4 heterocycles. The van der Waals surface area contributed by atoms with Gasteiger partial charge in [-0.3, -0.25) is 4.98 Å². The minimum Gasteiger partial charge on any atom is -0.332 e. The van der Waals surface area contributed by atoms with Crippen LogP contribution in [-0.4, -0.2) is 31.3 Å². The fourth-order valence-corrected chi connectivity index (χ4v) is 3.90. The third-order valence-corrected chi connectivity index (χ3v) is 5.33. The lowest BCUT2D eigenvalue weighted by molar-refractivity contribution is 0.680. The Balaban J connectivity index is 1.45. The molecule has 0 aliphatic carbocycles. The van der Waals surface area contributed by atoms with E-state index in [-0.39, 0.29) is 6.04 Å². The van der Waals surface area contributed by atoms with Crippen molar-refractivity contribution in [1.29, 1.82) is 0 Å². The molecule has 144 valence electrons. The van der Waals surface area contributed by atoms with E-state index >= 15 is 0 Å². The van der Waals surface area contributed by atoms with E-state index in [1.54, 1.807) is 0 Å². The first kappa shape index (κ1) is 17.6. The van der Waals surface area contributed by atoms with Crippen LogP contribution in [0.15, 0.2) is 73.3 Å². The number of benzene rings is 1. The van der Waals surface area contributed by atoms with Crippen LogP contribution < -0.4 is 4.90 Å². The number of nitrogens with zero attached hydrogens (tertiary/aromatic N) is 6. The summed E-state index contributed by atoms with van der Waals surface area (Å²) in [6, 6.07) is 16.5. The SMILES string of the molecule is Cc1cccc(-n2cc(-c3ccnc(N4CCC[C@H]4c4ccccn4)n3)cn2)c1. The molecule has 0 amide bonds. The zero-order valence-corrected chi connectivity index (χ0v) is 16.3. The minimum atomic E-state index is 0.224. The van der Waals surface area contributed by atoms with Crippen molar-refractivity contribution in [3.05, 3.63) is 84.6 Å². The summed E-state index contributed by atoms with van der Waals surface area (Å²) in [5.41, 5.74) is 5.18. The molecule has 6 heteroatoms. The van der Waals surface area contributed by atoms with Crippen LogP contribution in [0.4, 0.5) is 5.95 Å². The zero-order chi connectivity index (χ0) is 19.6. The normalized spacial score (nSPS) is 16.3. The lowest BCUT2D eigenvalue weighted by Gasteiger charge is -2.24. The summed E-state index contributed by atoms with van der Waals surface area (Å²) in [5, 5.41) is 4.53. The van der Waals surface area contributed by atoms with Gasteiger partial charge >= 0.3 is 0 Å². The third-order valence-electron chi connectivity index (χ3n) is 5.33. The molecule has 3 aromatic heterocycles. The Morgan fingerprint density at radius 3 is 2.83 bits per heavy atom. The molecule has 0 saturated carbocycles. The van der Waals surface area contributed by atoms with E-state index < -0.39 is 0 Å². The van der Waals surface area contributed by atoms with Crippen molar-refractivity contribution in [2.75, 3.05) is 11.4 Å². The van der Waals surface area contributed by atoms with Crippen molar-refractivity contribution in [3.63, 3.8) is 0 Å². The monoisotopic (exact) mass is 382 g/mol. The van der Waals surface area contributed by atoms with Gasteiger partial charge in [0, 0.05) is 30.7 Å². The highest BCUT2D eigenvalue weighted by Gasteiger charge is 2.29. The average Bonchev–Trinajstić information content (AvgIpc) is 3.45.